The highest BCUT2D eigenvalue weighted by atomic mass is 16.5. The fraction of sp³-hybridized carbons (Fsp3) is 0.733. The lowest BCUT2D eigenvalue weighted by Gasteiger charge is -2.72. The molecule has 5 aliphatic carbocycles. The SMILES string of the molecule is CC(C)C1=C2C3CCC4C5(C)CCC(OC(=O)CC(C)(C)C(=O)O)C(C)(C)C5CCC4(C)C3(C)CCC2(C(O)CN2Cc3ccccc3C2=O)CC1=O. The number of aliphatic carboxylic acids is 1. The van der Waals surface area contributed by atoms with Crippen LogP contribution in [0.25, 0.3) is 0 Å². The number of carbonyl (C=O) groups excluding carboxylic acids is 3. The molecule has 4 fully saturated rings. The van der Waals surface area contributed by atoms with E-state index in [1.54, 1.807) is 18.7 Å². The van der Waals surface area contributed by atoms with E-state index in [4.69, 9.17) is 4.74 Å². The van der Waals surface area contributed by atoms with Gasteiger partial charge in [0.05, 0.1) is 17.9 Å². The number of carbonyl (C=O) groups is 4. The Hall–Kier alpha value is -3.00. The molecule has 8 heteroatoms. The number of ether oxygens (including phenoxy) is 1. The molecule has 4 saturated carbocycles. The molecule has 0 spiro atoms. The van der Waals surface area contributed by atoms with Crippen molar-refractivity contribution in [3.05, 3.63) is 46.5 Å². The van der Waals surface area contributed by atoms with Gasteiger partial charge in [0.1, 0.15) is 6.10 Å². The van der Waals surface area contributed by atoms with Crippen LogP contribution in [0.1, 0.15) is 142 Å². The van der Waals surface area contributed by atoms with Gasteiger partial charge < -0.3 is 19.8 Å². The molecule has 7 rings (SSSR count). The summed E-state index contributed by atoms with van der Waals surface area (Å²) in [5, 5.41) is 22.0. The fourth-order valence-electron chi connectivity index (χ4n) is 13.8. The van der Waals surface area contributed by atoms with Crippen LogP contribution in [0.3, 0.4) is 0 Å². The molecule has 1 heterocycles. The average Bonchev–Trinajstić information content (AvgIpc) is 3.56. The Kier molecular flexibility index (Phi) is 9.04. The normalized spacial score (nSPS) is 38.1. The number of carboxylic acid groups (broad SMARTS) is 1. The molecule has 0 saturated heterocycles. The maximum atomic E-state index is 14.1. The minimum Gasteiger partial charge on any atom is -0.481 e. The minimum absolute atomic E-state index is 0.0106. The lowest BCUT2D eigenvalue weighted by atomic mass is 9.33. The molecule has 0 bridgehead atoms. The van der Waals surface area contributed by atoms with E-state index in [-0.39, 0.29) is 64.3 Å². The number of β-amino-alcohol motifs (C(OH)–C–C–N with tert-alkyl or cyclic N) is 1. The smallest absolute Gasteiger partial charge is 0.309 e. The number of nitrogens with zero attached hydrogens (tertiary/aromatic N) is 1. The number of esters is 1. The van der Waals surface area contributed by atoms with E-state index in [9.17, 15) is 29.4 Å². The number of fused-ring (bicyclic) bond motifs is 8. The van der Waals surface area contributed by atoms with Crippen LogP contribution in [0.4, 0.5) is 0 Å². The van der Waals surface area contributed by atoms with Crippen LogP contribution in [0.5, 0.6) is 0 Å². The van der Waals surface area contributed by atoms with Gasteiger partial charge in [-0.15, -0.1) is 0 Å². The summed E-state index contributed by atoms with van der Waals surface area (Å²) in [5.74, 6) is -0.243. The van der Waals surface area contributed by atoms with Crippen LogP contribution < -0.4 is 0 Å². The van der Waals surface area contributed by atoms with Crippen molar-refractivity contribution in [1.82, 2.24) is 4.90 Å². The van der Waals surface area contributed by atoms with Crippen molar-refractivity contribution in [1.29, 1.82) is 0 Å². The van der Waals surface area contributed by atoms with Crippen molar-refractivity contribution in [3.63, 3.8) is 0 Å². The van der Waals surface area contributed by atoms with Crippen LogP contribution >= 0.6 is 0 Å². The molecular weight excluding hydrogens is 666 g/mol. The Bertz CT molecular complexity index is 1760. The first-order valence-electron chi connectivity index (χ1n) is 20.4. The monoisotopic (exact) mass is 729 g/mol. The Morgan fingerprint density at radius 3 is 2.28 bits per heavy atom. The second-order valence-corrected chi connectivity index (χ2v) is 20.4. The summed E-state index contributed by atoms with van der Waals surface area (Å²) in [6.07, 6.45) is 6.59. The highest BCUT2D eigenvalue weighted by Crippen LogP contribution is 2.77. The number of rotatable bonds is 8. The first-order chi connectivity index (χ1) is 24.6. The zero-order valence-corrected chi connectivity index (χ0v) is 33.6. The van der Waals surface area contributed by atoms with Gasteiger partial charge in [0, 0.05) is 35.9 Å². The quantitative estimate of drug-likeness (QED) is 0.258. The summed E-state index contributed by atoms with van der Waals surface area (Å²) >= 11 is 0. The Labute approximate surface area is 316 Å². The van der Waals surface area contributed by atoms with E-state index in [0.29, 0.717) is 30.4 Å². The predicted octanol–water partition coefficient (Wildman–Crippen LogP) is 8.40. The van der Waals surface area contributed by atoms with E-state index >= 15 is 0 Å². The van der Waals surface area contributed by atoms with Crippen molar-refractivity contribution in [2.45, 2.75) is 145 Å². The third-order valence-electron chi connectivity index (χ3n) is 16.8. The number of aliphatic hydroxyl groups excluding tert-OH is 1. The lowest BCUT2D eigenvalue weighted by Crippen LogP contribution is -2.66. The minimum atomic E-state index is -1.18. The zero-order valence-electron chi connectivity index (χ0n) is 33.6. The largest absolute Gasteiger partial charge is 0.481 e. The summed E-state index contributed by atoms with van der Waals surface area (Å²) in [5.41, 5.74) is 1.74. The van der Waals surface area contributed by atoms with E-state index in [2.05, 4.69) is 48.5 Å². The summed E-state index contributed by atoms with van der Waals surface area (Å²) in [7, 11) is 0. The molecule has 0 radical (unpaired) electrons. The van der Waals surface area contributed by atoms with Crippen LogP contribution in [0, 0.1) is 56.2 Å². The van der Waals surface area contributed by atoms with Gasteiger partial charge in [0.25, 0.3) is 5.91 Å². The van der Waals surface area contributed by atoms with Crippen molar-refractivity contribution in [2.75, 3.05) is 6.54 Å². The predicted molar refractivity (Wildman–Crippen MR) is 203 cm³/mol. The summed E-state index contributed by atoms with van der Waals surface area (Å²) < 4.78 is 6.16. The lowest BCUT2D eigenvalue weighted by molar-refractivity contribution is -0.235. The molecule has 6 aliphatic rings. The second-order valence-electron chi connectivity index (χ2n) is 20.4. The number of hydrogen-bond donors (Lipinski definition) is 2. The van der Waals surface area contributed by atoms with Gasteiger partial charge in [0.2, 0.25) is 0 Å². The highest BCUT2D eigenvalue weighted by Gasteiger charge is 2.71. The molecule has 290 valence electrons. The highest BCUT2D eigenvalue weighted by molar-refractivity contribution is 6.01. The third kappa shape index (κ3) is 5.44. The molecule has 9 unspecified atom stereocenters. The molecular formula is C45H63NO7. The Balaban J connectivity index is 1.17. The van der Waals surface area contributed by atoms with Crippen LogP contribution in [0.2, 0.25) is 0 Å². The number of allylic oxidation sites excluding steroid dienone is 1. The molecule has 1 aromatic carbocycles. The maximum absolute atomic E-state index is 14.1. The van der Waals surface area contributed by atoms with Crippen molar-refractivity contribution >= 4 is 23.6 Å². The number of Topliss-reactive ketones (excluding diaryl/α,β-unsaturated/α-hetero) is 1. The van der Waals surface area contributed by atoms with Gasteiger partial charge in [-0.2, -0.15) is 0 Å². The summed E-state index contributed by atoms with van der Waals surface area (Å²) in [6, 6.07) is 7.70. The topological polar surface area (TPSA) is 121 Å². The van der Waals surface area contributed by atoms with Crippen LogP contribution in [-0.2, 0) is 25.7 Å². The Morgan fingerprint density at radius 2 is 1.62 bits per heavy atom. The Morgan fingerprint density at radius 1 is 0.925 bits per heavy atom. The fourth-order valence-corrected chi connectivity index (χ4v) is 13.8. The summed E-state index contributed by atoms with van der Waals surface area (Å²) in [6.45, 7) is 20.2. The van der Waals surface area contributed by atoms with E-state index < -0.39 is 28.9 Å². The number of hydrogen-bond acceptors (Lipinski definition) is 6. The van der Waals surface area contributed by atoms with E-state index in [0.717, 1.165) is 62.5 Å². The third-order valence-corrected chi connectivity index (χ3v) is 16.8. The van der Waals surface area contributed by atoms with Gasteiger partial charge in [0.15, 0.2) is 5.78 Å². The number of ketones is 1. The standard InChI is InChI=1S/C45H63NO7/c1-26(2)36-30(47)22-45(33(48)25-46-24-27-12-10-11-13-28(27)38(46)50)21-20-43(8)29(37(36)45)14-15-32-42(7)18-17-34(53-35(49)23-40(3,4)39(51)52)41(5,6)31(42)16-19-44(32,43)9/h10-13,26,29,31-34,48H,14-25H2,1-9H3,(H,51,52). The van der Waals surface area contributed by atoms with Crippen molar-refractivity contribution in [3.8, 4) is 0 Å². The number of amides is 1. The van der Waals surface area contributed by atoms with E-state index in [1.165, 1.54) is 5.57 Å². The average molecular weight is 730 g/mol. The number of benzene rings is 1. The molecule has 1 aliphatic heterocycles. The molecule has 9 atom stereocenters. The molecule has 0 aromatic heterocycles. The van der Waals surface area contributed by atoms with Crippen LogP contribution in [0.15, 0.2) is 35.4 Å². The first-order valence-corrected chi connectivity index (χ1v) is 20.4. The van der Waals surface area contributed by atoms with Gasteiger partial charge in [-0.05, 0) is 122 Å². The van der Waals surface area contributed by atoms with Crippen LogP contribution in [-0.4, -0.2) is 57.5 Å². The van der Waals surface area contributed by atoms with E-state index in [1.807, 2.05) is 24.3 Å². The van der Waals surface area contributed by atoms with Crippen molar-refractivity contribution in [2.24, 2.45) is 56.2 Å². The molecule has 1 aromatic rings. The number of carboxylic acids is 1. The van der Waals surface area contributed by atoms with Gasteiger partial charge in [-0.3, -0.25) is 19.2 Å². The molecule has 8 nitrogen and oxygen atoms in total. The van der Waals surface area contributed by atoms with Gasteiger partial charge in [-0.1, -0.05) is 72.2 Å². The van der Waals surface area contributed by atoms with Gasteiger partial charge in [-0.25, -0.2) is 0 Å². The second kappa shape index (κ2) is 12.5. The maximum Gasteiger partial charge on any atom is 0.309 e. The molecule has 2 N–H and O–H groups in total. The van der Waals surface area contributed by atoms with Gasteiger partial charge >= 0.3 is 11.9 Å². The molecule has 53 heavy (non-hydrogen) atoms. The van der Waals surface area contributed by atoms with Crippen molar-refractivity contribution < 1.29 is 34.1 Å². The number of aliphatic hydroxyl groups is 1. The zero-order chi connectivity index (χ0) is 38.7. The summed E-state index contributed by atoms with van der Waals surface area (Å²) in [4.78, 5) is 54.2. The molecule has 1 amide bonds. The first kappa shape index (κ1) is 38.3.